The largest absolute Gasteiger partial charge is 0.398 e. The van der Waals surface area contributed by atoms with Gasteiger partial charge in [-0.15, -0.1) is 0 Å². The highest BCUT2D eigenvalue weighted by molar-refractivity contribution is 5.81. The topological polar surface area (TPSA) is 56.7 Å². The van der Waals surface area contributed by atoms with Crippen molar-refractivity contribution in [1.82, 2.24) is 14.5 Å². The van der Waals surface area contributed by atoms with Crippen LogP contribution < -0.4 is 5.73 Å². The minimum absolute atomic E-state index is 0.788. The molecule has 0 amide bonds. The van der Waals surface area contributed by atoms with Crippen LogP contribution in [0, 0.1) is 0 Å². The van der Waals surface area contributed by atoms with E-state index in [9.17, 15) is 0 Å². The molecule has 0 spiro atoms. The molecule has 25 heavy (non-hydrogen) atoms. The minimum atomic E-state index is 0.788. The van der Waals surface area contributed by atoms with Crippen LogP contribution in [0.1, 0.15) is 45.7 Å². The molecule has 3 rings (SSSR count). The fourth-order valence-electron chi connectivity index (χ4n) is 2.58. The molecular weight excluding hydrogens is 308 g/mol. The summed E-state index contributed by atoms with van der Waals surface area (Å²) in [6.07, 6.45) is 11.5. The fraction of sp³-hybridized carbons (Fsp3) is 0.238. The van der Waals surface area contributed by atoms with Gasteiger partial charge in [-0.3, -0.25) is 9.55 Å². The molecule has 0 saturated carbocycles. The van der Waals surface area contributed by atoms with Crippen molar-refractivity contribution in [2.75, 3.05) is 0 Å². The van der Waals surface area contributed by atoms with Crippen LogP contribution in [-0.2, 0) is 0 Å². The second kappa shape index (κ2) is 8.29. The molecule has 0 unspecified atom stereocenters. The van der Waals surface area contributed by atoms with E-state index in [2.05, 4.69) is 16.0 Å². The molecule has 3 aromatic rings. The summed E-state index contributed by atoms with van der Waals surface area (Å²) in [6, 6.07) is 6.08. The van der Waals surface area contributed by atoms with Gasteiger partial charge in [0.05, 0.1) is 11.7 Å². The number of allylic oxidation sites excluding steroid dienone is 2. The van der Waals surface area contributed by atoms with E-state index < -0.39 is 0 Å². The smallest absolute Gasteiger partial charge is 0.137 e. The average molecular weight is 334 g/mol. The van der Waals surface area contributed by atoms with Gasteiger partial charge in [-0.1, -0.05) is 31.6 Å². The van der Waals surface area contributed by atoms with Gasteiger partial charge in [-0.05, 0) is 39.0 Å². The Hall–Kier alpha value is -2.88. The van der Waals surface area contributed by atoms with Gasteiger partial charge < -0.3 is 5.73 Å². The summed E-state index contributed by atoms with van der Waals surface area (Å²) in [6.45, 7) is 10.0. The Morgan fingerprint density at radius 3 is 2.60 bits per heavy atom. The predicted octanol–water partition coefficient (Wildman–Crippen LogP) is 5.19. The van der Waals surface area contributed by atoms with E-state index in [1.165, 1.54) is 0 Å². The molecule has 0 atom stereocenters. The minimum Gasteiger partial charge on any atom is -0.398 e. The van der Waals surface area contributed by atoms with Crippen LogP contribution in [-0.4, -0.2) is 14.5 Å². The Morgan fingerprint density at radius 1 is 1.16 bits per heavy atom. The summed E-state index contributed by atoms with van der Waals surface area (Å²) in [5.41, 5.74) is 11.2. The van der Waals surface area contributed by atoms with Gasteiger partial charge in [0, 0.05) is 40.8 Å². The van der Waals surface area contributed by atoms with Gasteiger partial charge in [-0.25, -0.2) is 4.98 Å². The number of nitrogens with two attached hydrogens (primary N) is 1. The Balaban J connectivity index is 0.00000109. The summed E-state index contributed by atoms with van der Waals surface area (Å²) in [7, 11) is 0. The van der Waals surface area contributed by atoms with Gasteiger partial charge >= 0.3 is 0 Å². The van der Waals surface area contributed by atoms with E-state index in [0.717, 1.165) is 39.1 Å². The second-order valence-corrected chi connectivity index (χ2v) is 5.66. The lowest BCUT2D eigenvalue weighted by atomic mass is 10.0. The van der Waals surface area contributed by atoms with Crippen molar-refractivity contribution in [1.29, 1.82) is 0 Å². The summed E-state index contributed by atoms with van der Waals surface area (Å²) in [5.74, 6) is 0.834. The molecule has 0 aliphatic rings. The quantitative estimate of drug-likeness (QED) is 0.717. The van der Waals surface area contributed by atoms with Crippen molar-refractivity contribution in [3.05, 3.63) is 65.8 Å². The van der Waals surface area contributed by atoms with Crippen molar-refractivity contribution in [3.8, 4) is 5.82 Å². The number of pyridine rings is 2. The highest BCUT2D eigenvalue weighted by Gasteiger charge is 2.10. The molecule has 4 heteroatoms. The van der Waals surface area contributed by atoms with Gasteiger partial charge in [0.2, 0.25) is 0 Å². The lowest BCUT2D eigenvalue weighted by Crippen LogP contribution is -2.05. The standard InChI is InChI=1S/C19H20N4.C2H6/c1-4-5-15-11-22-18(10-16(15)19(20)13(2)3)23-9-7-14-6-8-21-12-17(14)23;1-2/h4-12H,20H2,1-3H3;1-2H3/b5-4-;. The van der Waals surface area contributed by atoms with Crippen molar-refractivity contribution in [3.63, 3.8) is 0 Å². The molecule has 2 N–H and O–H groups in total. The molecule has 0 aromatic carbocycles. The maximum atomic E-state index is 6.30. The summed E-state index contributed by atoms with van der Waals surface area (Å²) in [5, 5.41) is 1.14. The van der Waals surface area contributed by atoms with Gasteiger partial charge in [0.25, 0.3) is 0 Å². The monoisotopic (exact) mass is 334 g/mol. The number of fused-ring (bicyclic) bond motifs is 1. The molecular formula is C21H26N4. The zero-order valence-electron chi connectivity index (χ0n) is 15.6. The summed E-state index contributed by atoms with van der Waals surface area (Å²) >= 11 is 0. The average Bonchev–Trinajstić information content (AvgIpc) is 3.07. The molecule has 0 radical (unpaired) electrons. The maximum Gasteiger partial charge on any atom is 0.137 e. The normalized spacial score (nSPS) is 10.6. The molecule has 3 heterocycles. The molecule has 3 aromatic heterocycles. The predicted molar refractivity (Wildman–Crippen MR) is 107 cm³/mol. The molecule has 0 saturated heterocycles. The molecule has 0 aliphatic carbocycles. The van der Waals surface area contributed by atoms with Crippen LogP contribution in [0.25, 0.3) is 28.5 Å². The first kappa shape index (κ1) is 18.5. The maximum absolute atomic E-state index is 6.30. The highest BCUT2D eigenvalue weighted by Crippen LogP contribution is 2.24. The Bertz CT molecular complexity index is 913. The van der Waals surface area contributed by atoms with Crippen LogP contribution >= 0.6 is 0 Å². The molecule has 0 fully saturated rings. The molecule has 4 nitrogen and oxygen atoms in total. The van der Waals surface area contributed by atoms with E-state index in [4.69, 9.17) is 5.73 Å². The van der Waals surface area contributed by atoms with Crippen LogP contribution in [0.3, 0.4) is 0 Å². The number of rotatable bonds is 3. The number of nitrogens with zero attached hydrogens (tertiary/aromatic N) is 3. The Kier molecular flexibility index (Phi) is 6.12. The van der Waals surface area contributed by atoms with E-state index in [1.54, 1.807) is 6.20 Å². The lowest BCUT2D eigenvalue weighted by Gasteiger charge is -2.12. The first-order valence-electron chi connectivity index (χ1n) is 8.59. The first-order valence-corrected chi connectivity index (χ1v) is 8.59. The van der Waals surface area contributed by atoms with Crippen LogP contribution in [0.5, 0.6) is 0 Å². The SMILES string of the molecule is C/C=C\c1cnc(-n2ccc3ccncc32)cc1C(N)=C(C)C.CC. The van der Waals surface area contributed by atoms with Crippen molar-refractivity contribution in [2.45, 2.75) is 34.6 Å². The van der Waals surface area contributed by atoms with E-state index in [-0.39, 0.29) is 0 Å². The van der Waals surface area contributed by atoms with Gasteiger partial charge in [-0.2, -0.15) is 0 Å². The zero-order chi connectivity index (χ0) is 18.4. The molecule has 0 bridgehead atoms. The second-order valence-electron chi connectivity index (χ2n) is 5.66. The lowest BCUT2D eigenvalue weighted by molar-refractivity contribution is 1.03. The van der Waals surface area contributed by atoms with Gasteiger partial charge in [0.1, 0.15) is 5.82 Å². The Labute approximate surface area is 149 Å². The van der Waals surface area contributed by atoms with E-state index in [0.29, 0.717) is 0 Å². The summed E-state index contributed by atoms with van der Waals surface area (Å²) in [4.78, 5) is 8.81. The van der Waals surface area contributed by atoms with Crippen LogP contribution in [0.2, 0.25) is 0 Å². The number of hydrogen-bond donors (Lipinski definition) is 1. The highest BCUT2D eigenvalue weighted by atomic mass is 15.1. The third-order valence-corrected chi connectivity index (χ3v) is 3.84. The van der Waals surface area contributed by atoms with E-state index in [1.807, 2.05) is 82.1 Å². The van der Waals surface area contributed by atoms with Crippen LogP contribution in [0.15, 0.2) is 54.6 Å². The first-order chi connectivity index (χ1) is 12.1. The zero-order valence-corrected chi connectivity index (χ0v) is 15.6. The number of aromatic nitrogens is 3. The third kappa shape index (κ3) is 3.79. The van der Waals surface area contributed by atoms with Crippen molar-refractivity contribution < 1.29 is 0 Å². The fourth-order valence-corrected chi connectivity index (χ4v) is 2.58. The molecule has 0 aliphatic heterocycles. The Morgan fingerprint density at radius 2 is 1.92 bits per heavy atom. The number of hydrogen-bond acceptors (Lipinski definition) is 3. The molecule has 130 valence electrons. The van der Waals surface area contributed by atoms with Gasteiger partial charge in [0.15, 0.2) is 0 Å². The summed E-state index contributed by atoms with van der Waals surface area (Å²) < 4.78 is 2.03. The third-order valence-electron chi connectivity index (χ3n) is 3.84. The van der Waals surface area contributed by atoms with E-state index >= 15 is 0 Å². The van der Waals surface area contributed by atoms with Crippen molar-refractivity contribution >= 4 is 22.7 Å². The van der Waals surface area contributed by atoms with Crippen molar-refractivity contribution in [2.24, 2.45) is 5.73 Å². The van der Waals surface area contributed by atoms with Crippen LogP contribution in [0.4, 0.5) is 0 Å².